The number of aryl methyl sites for hydroxylation is 1. The molecule has 3 N–H and O–H groups in total. The van der Waals surface area contributed by atoms with E-state index in [1.54, 1.807) is 11.3 Å². The number of benzene rings is 3. The molecule has 3 aromatic carbocycles. The summed E-state index contributed by atoms with van der Waals surface area (Å²) in [6.45, 7) is 2.05. The molecule has 32 heavy (non-hydrogen) atoms. The molecular weight excluding hydrogens is 418 g/mol. The van der Waals surface area contributed by atoms with E-state index in [1.165, 1.54) is 0 Å². The molecular formula is C25H19N5OS. The monoisotopic (exact) mass is 437 g/mol. The number of rotatable bonds is 2. The largest absolute Gasteiger partial charge is 0.325 e. The summed E-state index contributed by atoms with van der Waals surface area (Å²) in [5.41, 5.74) is 5.09. The number of hydrogen-bond acceptors (Lipinski definition) is 6. The number of aromatic amines is 1. The number of hydrogen-bond donors (Lipinski definition) is 3. The summed E-state index contributed by atoms with van der Waals surface area (Å²) >= 11 is 1.57. The molecule has 5 aromatic rings. The molecule has 3 heterocycles. The summed E-state index contributed by atoms with van der Waals surface area (Å²) in [5.74, 6) is 0.567. The van der Waals surface area contributed by atoms with Crippen LogP contribution in [0.4, 0.5) is 10.8 Å². The van der Waals surface area contributed by atoms with Gasteiger partial charge in [0.2, 0.25) is 5.96 Å². The predicted molar refractivity (Wildman–Crippen MR) is 132 cm³/mol. The number of aromatic nitrogens is 2. The Morgan fingerprint density at radius 3 is 2.59 bits per heavy atom. The third kappa shape index (κ3) is 3.14. The number of guanidine groups is 1. The Morgan fingerprint density at radius 1 is 0.969 bits per heavy atom. The molecule has 6 rings (SSSR count). The molecule has 1 atom stereocenters. The van der Waals surface area contributed by atoms with E-state index in [0.717, 1.165) is 43.1 Å². The molecule has 6 nitrogen and oxygen atoms in total. The fraction of sp³-hybridized carbons (Fsp3) is 0.0800. The highest BCUT2D eigenvalue weighted by Crippen LogP contribution is 2.37. The van der Waals surface area contributed by atoms with E-state index in [-0.39, 0.29) is 5.56 Å². The van der Waals surface area contributed by atoms with Gasteiger partial charge < -0.3 is 15.6 Å². The standard InChI is InChI=1S/C25H19N5OS/c1-14-10-12-15(13-11-14)21-20-22(16-6-2-3-7-17(16)26-23(20)31)29-24(28-21)30-25-27-18-8-4-5-9-19(18)32-25/h2-13,21H,1H3,(H,26,31)(H2,27,28,29,30)/t21-/m1/s1. The maximum Gasteiger partial charge on any atom is 0.256 e. The van der Waals surface area contributed by atoms with Crippen LogP contribution in [0.2, 0.25) is 0 Å². The van der Waals surface area contributed by atoms with Crippen LogP contribution in [0, 0.1) is 6.92 Å². The van der Waals surface area contributed by atoms with Crippen molar-refractivity contribution >= 4 is 49.2 Å². The van der Waals surface area contributed by atoms with Crippen molar-refractivity contribution in [2.45, 2.75) is 13.0 Å². The summed E-state index contributed by atoms with van der Waals surface area (Å²) < 4.78 is 1.10. The summed E-state index contributed by atoms with van der Waals surface area (Å²) in [5, 5.41) is 8.40. The molecule has 0 unspecified atom stereocenters. The molecule has 1 aliphatic heterocycles. The Kier molecular flexibility index (Phi) is 4.29. The Labute approximate surface area is 187 Å². The molecule has 0 bridgehead atoms. The summed E-state index contributed by atoms with van der Waals surface area (Å²) in [6.07, 6.45) is 0. The first kappa shape index (κ1) is 18.8. The molecule has 0 saturated heterocycles. The second kappa shape index (κ2) is 7.32. The van der Waals surface area contributed by atoms with Gasteiger partial charge in [-0.3, -0.25) is 4.79 Å². The van der Waals surface area contributed by atoms with E-state index in [4.69, 9.17) is 4.99 Å². The summed E-state index contributed by atoms with van der Waals surface area (Å²) in [7, 11) is 0. The van der Waals surface area contributed by atoms with Gasteiger partial charge in [-0.2, -0.15) is 0 Å². The van der Waals surface area contributed by atoms with Crippen LogP contribution in [0.15, 0.2) is 82.6 Å². The number of anilines is 2. The SMILES string of the molecule is Cc1ccc([C@H]2N=C(Nc3nc4ccccc4s3)Nc3c2c(=O)[nH]c2ccccc32)cc1. The first-order chi connectivity index (χ1) is 15.7. The number of pyridine rings is 1. The van der Waals surface area contributed by atoms with Gasteiger partial charge in [-0.05, 0) is 30.7 Å². The van der Waals surface area contributed by atoms with Crippen LogP contribution in [0.5, 0.6) is 0 Å². The summed E-state index contributed by atoms with van der Waals surface area (Å²) in [4.78, 5) is 25.7. The predicted octanol–water partition coefficient (Wildman–Crippen LogP) is 5.43. The molecule has 0 fully saturated rings. The van der Waals surface area contributed by atoms with Gasteiger partial charge in [-0.25, -0.2) is 9.98 Å². The van der Waals surface area contributed by atoms with Crippen molar-refractivity contribution in [3.63, 3.8) is 0 Å². The van der Waals surface area contributed by atoms with Crippen LogP contribution in [-0.4, -0.2) is 15.9 Å². The Balaban J connectivity index is 1.51. The van der Waals surface area contributed by atoms with Gasteiger partial charge in [-0.1, -0.05) is 71.5 Å². The second-order valence-corrected chi connectivity index (χ2v) is 8.85. The van der Waals surface area contributed by atoms with Gasteiger partial charge >= 0.3 is 0 Å². The fourth-order valence-corrected chi connectivity index (χ4v) is 4.94. The van der Waals surface area contributed by atoms with Crippen molar-refractivity contribution in [2.75, 3.05) is 10.6 Å². The maximum atomic E-state index is 13.1. The average Bonchev–Trinajstić information content (AvgIpc) is 3.21. The van der Waals surface area contributed by atoms with Crippen LogP contribution in [0.3, 0.4) is 0 Å². The fourth-order valence-electron chi connectivity index (χ4n) is 4.08. The van der Waals surface area contributed by atoms with E-state index in [9.17, 15) is 4.79 Å². The van der Waals surface area contributed by atoms with Crippen LogP contribution in [0.1, 0.15) is 22.7 Å². The highest BCUT2D eigenvalue weighted by molar-refractivity contribution is 7.22. The van der Waals surface area contributed by atoms with Crippen LogP contribution >= 0.6 is 11.3 Å². The minimum Gasteiger partial charge on any atom is -0.325 e. The topological polar surface area (TPSA) is 82.2 Å². The lowest BCUT2D eigenvalue weighted by Gasteiger charge is -2.26. The van der Waals surface area contributed by atoms with Gasteiger partial charge in [0.05, 0.1) is 27.0 Å². The van der Waals surface area contributed by atoms with Crippen molar-refractivity contribution in [1.29, 1.82) is 0 Å². The van der Waals surface area contributed by atoms with Gasteiger partial charge in [0.25, 0.3) is 5.56 Å². The normalized spacial score (nSPS) is 15.3. The third-order valence-corrected chi connectivity index (χ3v) is 6.60. The van der Waals surface area contributed by atoms with E-state index < -0.39 is 6.04 Å². The molecule has 1 aliphatic rings. The highest BCUT2D eigenvalue weighted by Gasteiger charge is 2.28. The number of aliphatic imine (C=N–C) groups is 1. The minimum atomic E-state index is -0.433. The molecule has 0 radical (unpaired) electrons. The number of nitrogens with one attached hydrogen (secondary N) is 3. The van der Waals surface area contributed by atoms with E-state index in [0.29, 0.717) is 11.5 Å². The highest BCUT2D eigenvalue weighted by atomic mass is 32.1. The van der Waals surface area contributed by atoms with Crippen molar-refractivity contribution in [1.82, 2.24) is 9.97 Å². The Morgan fingerprint density at radius 2 is 1.75 bits per heavy atom. The maximum absolute atomic E-state index is 13.1. The zero-order chi connectivity index (χ0) is 21.7. The molecule has 2 aromatic heterocycles. The van der Waals surface area contributed by atoms with E-state index in [1.807, 2.05) is 79.7 Å². The molecule has 0 spiro atoms. The molecule has 0 aliphatic carbocycles. The van der Waals surface area contributed by atoms with Crippen LogP contribution in [-0.2, 0) is 0 Å². The molecule has 0 amide bonds. The smallest absolute Gasteiger partial charge is 0.256 e. The first-order valence-corrected chi connectivity index (χ1v) is 11.2. The zero-order valence-corrected chi connectivity index (χ0v) is 18.0. The van der Waals surface area contributed by atoms with Gasteiger partial charge in [0.15, 0.2) is 5.13 Å². The third-order valence-electron chi connectivity index (χ3n) is 5.65. The zero-order valence-electron chi connectivity index (χ0n) is 17.2. The quantitative estimate of drug-likeness (QED) is 0.344. The van der Waals surface area contributed by atoms with E-state index in [2.05, 4.69) is 20.6 Å². The number of thiazole rings is 1. The first-order valence-electron chi connectivity index (χ1n) is 10.3. The van der Waals surface area contributed by atoms with Crippen LogP contribution in [0.25, 0.3) is 21.1 Å². The number of H-pyrrole nitrogens is 1. The minimum absolute atomic E-state index is 0.139. The lowest BCUT2D eigenvalue weighted by atomic mass is 9.95. The number of nitrogens with zero attached hydrogens (tertiary/aromatic N) is 2. The van der Waals surface area contributed by atoms with Crippen molar-refractivity contribution < 1.29 is 0 Å². The lowest BCUT2D eigenvalue weighted by Crippen LogP contribution is -2.32. The second-order valence-electron chi connectivity index (χ2n) is 7.82. The van der Waals surface area contributed by atoms with Crippen molar-refractivity contribution in [3.05, 3.63) is 99.8 Å². The summed E-state index contributed by atoms with van der Waals surface area (Å²) in [6, 6.07) is 23.5. The molecule has 156 valence electrons. The van der Waals surface area contributed by atoms with Crippen molar-refractivity contribution in [3.8, 4) is 0 Å². The average molecular weight is 438 g/mol. The Hall–Kier alpha value is -3.97. The number of para-hydroxylation sites is 2. The van der Waals surface area contributed by atoms with Crippen molar-refractivity contribution in [2.24, 2.45) is 4.99 Å². The number of fused-ring (bicyclic) bond motifs is 4. The van der Waals surface area contributed by atoms with Gasteiger partial charge in [-0.15, -0.1) is 0 Å². The molecule has 0 saturated carbocycles. The van der Waals surface area contributed by atoms with Gasteiger partial charge in [0.1, 0.15) is 6.04 Å². The lowest BCUT2D eigenvalue weighted by molar-refractivity contribution is 0.845. The van der Waals surface area contributed by atoms with Crippen LogP contribution < -0.4 is 16.2 Å². The Bertz CT molecular complexity index is 1530. The van der Waals surface area contributed by atoms with Gasteiger partial charge in [0, 0.05) is 5.39 Å². The molecule has 7 heteroatoms. The van der Waals surface area contributed by atoms with E-state index >= 15 is 0 Å².